The fourth-order valence-electron chi connectivity index (χ4n) is 9.98. The van der Waals surface area contributed by atoms with E-state index in [1.54, 1.807) is 0 Å². The fourth-order valence-corrected chi connectivity index (χ4v) is 9.98. The second-order valence-electron chi connectivity index (χ2n) is 25.2. The minimum absolute atomic E-state index is 0.144. The van der Waals surface area contributed by atoms with Gasteiger partial charge in [-0.05, 0) is 89.9 Å². The zero-order valence-electron chi connectivity index (χ0n) is 57.6. The van der Waals surface area contributed by atoms with E-state index in [9.17, 15) is 19.5 Å². The van der Waals surface area contributed by atoms with Crippen molar-refractivity contribution in [1.29, 1.82) is 0 Å². The van der Waals surface area contributed by atoms with Crippen LogP contribution in [0.2, 0.25) is 0 Å². The standard InChI is InChI=1S/C79H135NO8/c1-6-8-10-12-14-16-18-20-22-24-26-28-30-31-32-33-34-35-36-37-38-39-40-41-42-43-44-45-46-47-48-50-52-54-56-58-60-62-64-66-68-70-77(82)88-75(74-87-79(78(83)84)85-72-71-80(3,4)5)73-86-76(81)69-67-65-63-61-59-57-55-53-51-49-29-27-25-23-21-19-17-15-13-11-9-7-2/h8,10,14,16,20,22,26,28,31-32,34-35,37-38,40-41,43-44,46-47,75,79H,6-7,9,11-13,15,17-19,21,23-25,27,29-30,33,36,39,42,45,48-74H2,1-5H3/b10-8-,16-14-,22-20-,28-26-,32-31-,35-34-,38-37-,41-40-,44-43-,47-46-. The molecule has 0 spiro atoms. The van der Waals surface area contributed by atoms with Crippen LogP contribution in [0.1, 0.15) is 303 Å². The van der Waals surface area contributed by atoms with Crippen molar-refractivity contribution in [3.8, 4) is 0 Å². The van der Waals surface area contributed by atoms with Crippen molar-refractivity contribution in [2.75, 3.05) is 47.5 Å². The molecule has 0 aromatic rings. The van der Waals surface area contributed by atoms with Crippen LogP contribution in [0.25, 0.3) is 0 Å². The Morgan fingerprint density at radius 2 is 0.648 bits per heavy atom. The summed E-state index contributed by atoms with van der Waals surface area (Å²) in [5.74, 6) is -2.28. The topological polar surface area (TPSA) is 111 Å². The van der Waals surface area contributed by atoms with Gasteiger partial charge in [0.2, 0.25) is 0 Å². The minimum Gasteiger partial charge on any atom is -0.545 e. The number of ether oxygens (including phenoxy) is 4. The molecular formula is C79H135NO8. The second kappa shape index (κ2) is 68.6. The van der Waals surface area contributed by atoms with E-state index in [1.807, 2.05) is 21.1 Å². The lowest BCUT2D eigenvalue weighted by atomic mass is 10.0. The second-order valence-corrected chi connectivity index (χ2v) is 25.2. The van der Waals surface area contributed by atoms with Gasteiger partial charge in [-0.15, -0.1) is 0 Å². The highest BCUT2D eigenvalue weighted by atomic mass is 16.7. The molecule has 9 heteroatoms. The Morgan fingerprint density at radius 3 is 0.966 bits per heavy atom. The molecular weight excluding hydrogens is 1090 g/mol. The van der Waals surface area contributed by atoms with E-state index in [0.717, 1.165) is 109 Å². The maximum atomic E-state index is 12.9. The maximum Gasteiger partial charge on any atom is 0.306 e. The highest BCUT2D eigenvalue weighted by Gasteiger charge is 2.22. The molecule has 0 rings (SSSR count). The number of likely N-dealkylation sites (N-methyl/N-ethyl adjacent to an activating group) is 1. The largest absolute Gasteiger partial charge is 0.545 e. The summed E-state index contributed by atoms with van der Waals surface area (Å²) in [5.41, 5.74) is 0. The summed E-state index contributed by atoms with van der Waals surface area (Å²) in [6.45, 7) is 4.66. The average molecular weight is 1230 g/mol. The summed E-state index contributed by atoms with van der Waals surface area (Å²) in [6.07, 6.45) is 94.2. The number of aliphatic carboxylic acids is 1. The highest BCUT2D eigenvalue weighted by Crippen LogP contribution is 2.17. The Kier molecular flexibility index (Phi) is 65.2. The number of hydrogen-bond donors (Lipinski definition) is 0. The number of nitrogens with zero attached hydrogens (tertiary/aromatic N) is 1. The van der Waals surface area contributed by atoms with Crippen LogP contribution in [0.3, 0.4) is 0 Å². The minimum atomic E-state index is -1.63. The van der Waals surface area contributed by atoms with E-state index >= 15 is 0 Å². The summed E-state index contributed by atoms with van der Waals surface area (Å²) >= 11 is 0. The summed E-state index contributed by atoms with van der Waals surface area (Å²) < 4.78 is 22.8. The zero-order chi connectivity index (χ0) is 64.0. The van der Waals surface area contributed by atoms with E-state index < -0.39 is 24.3 Å². The van der Waals surface area contributed by atoms with Crippen LogP contribution in [0.5, 0.6) is 0 Å². The third-order valence-corrected chi connectivity index (χ3v) is 15.5. The molecule has 0 aliphatic rings. The van der Waals surface area contributed by atoms with Crippen LogP contribution < -0.4 is 5.11 Å². The quantitative estimate of drug-likeness (QED) is 0.0195. The van der Waals surface area contributed by atoms with Crippen LogP contribution in [-0.4, -0.2) is 82.3 Å². The van der Waals surface area contributed by atoms with E-state index in [0.29, 0.717) is 23.9 Å². The predicted octanol–water partition coefficient (Wildman–Crippen LogP) is 21.4. The van der Waals surface area contributed by atoms with Crippen molar-refractivity contribution in [1.82, 2.24) is 0 Å². The van der Waals surface area contributed by atoms with Crippen molar-refractivity contribution in [3.63, 3.8) is 0 Å². The number of rotatable bonds is 66. The predicted molar refractivity (Wildman–Crippen MR) is 375 cm³/mol. The summed E-state index contributed by atoms with van der Waals surface area (Å²) in [6, 6.07) is 0. The molecule has 0 aliphatic carbocycles. The van der Waals surface area contributed by atoms with Gasteiger partial charge >= 0.3 is 11.9 Å². The molecule has 0 amide bonds. The molecule has 88 heavy (non-hydrogen) atoms. The Balaban J connectivity index is 4.12. The SMILES string of the molecule is CC/C=C\C/C=C\C/C=C\C/C=C\C/C=C\C/C=C\C/C=C\C/C=C\C/C=C\C/C=C\CCCCCCCCCCCCC(=O)OC(COC(=O)CCCCCCCCCCCCCCCCCCCCCCCC)COC(OCC[N+](C)(C)C)C(=O)[O-]. The molecule has 0 heterocycles. The zero-order valence-corrected chi connectivity index (χ0v) is 57.6. The van der Waals surface area contributed by atoms with Gasteiger partial charge in [0.25, 0.3) is 0 Å². The lowest BCUT2D eigenvalue weighted by Crippen LogP contribution is -2.44. The van der Waals surface area contributed by atoms with Crippen molar-refractivity contribution in [2.24, 2.45) is 0 Å². The van der Waals surface area contributed by atoms with Crippen molar-refractivity contribution < 1.29 is 42.9 Å². The first kappa shape index (κ1) is 83.7. The molecule has 0 N–H and O–H groups in total. The van der Waals surface area contributed by atoms with Crippen molar-refractivity contribution in [3.05, 3.63) is 122 Å². The third kappa shape index (κ3) is 69.2. The summed E-state index contributed by atoms with van der Waals surface area (Å²) in [7, 11) is 5.93. The molecule has 0 aromatic carbocycles. The molecule has 9 nitrogen and oxygen atoms in total. The summed E-state index contributed by atoms with van der Waals surface area (Å²) in [4.78, 5) is 37.5. The molecule has 0 fully saturated rings. The van der Waals surface area contributed by atoms with E-state index in [-0.39, 0.29) is 32.2 Å². The van der Waals surface area contributed by atoms with Crippen LogP contribution in [-0.2, 0) is 33.3 Å². The van der Waals surface area contributed by atoms with Crippen LogP contribution in [0.4, 0.5) is 0 Å². The van der Waals surface area contributed by atoms with Crippen LogP contribution >= 0.6 is 0 Å². The Hall–Kier alpha value is -4.31. The normalized spacial score (nSPS) is 13.4. The van der Waals surface area contributed by atoms with Crippen LogP contribution in [0, 0.1) is 0 Å². The van der Waals surface area contributed by atoms with Gasteiger partial charge in [-0.1, -0.05) is 322 Å². The van der Waals surface area contributed by atoms with Crippen molar-refractivity contribution in [2.45, 2.75) is 315 Å². The Labute approximate surface area is 542 Å². The smallest absolute Gasteiger partial charge is 0.306 e. The van der Waals surface area contributed by atoms with Gasteiger partial charge in [-0.25, -0.2) is 0 Å². The number of unbranched alkanes of at least 4 members (excludes halogenated alkanes) is 31. The number of esters is 2. The highest BCUT2D eigenvalue weighted by molar-refractivity contribution is 5.70. The first-order valence-corrected chi connectivity index (χ1v) is 36.2. The van der Waals surface area contributed by atoms with Gasteiger partial charge in [0.05, 0.1) is 40.3 Å². The monoisotopic (exact) mass is 1230 g/mol. The molecule has 2 atom stereocenters. The number of carbonyl (C=O) groups is 3. The Bertz CT molecular complexity index is 1860. The molecule has 0 aliphatic heterocycles. The van der Waals surface area contributed by atoms with E-state index in [1.165, 1.54) is 161 Å². The molecule has 2 unspecified atom stereocenters. The molecule has 504 valence electrons. The number of carbonyl (C=O) groups excluding carboxylic acids is 3. The van der Waals surface area contributed by atoms with Gasteiger partial charge < -0.3 is 33.3 Å². The first-order chi connectivity index (χ1) is 43.1. The van der Waals surface area contributed by atoms with Gasteiger partial charge in [0, 0.05) is 12.8 Å². The maximum absolute atomic E-state index is 12.9. The number of carboxylic acid groups (broad SMARTS) is 1. The molecule has 0 saturated carbocycles. The molecule has 0 aromatic heterocycles. The van der Waals surface area contributed by atoms with Gasteiger partial charge in [0.1, 0.15) is 13.2 Å². The van der Waals surface area contributed by atoms with Crippen LogP contribution in [0.15, 0.2) is 122 Å². The van der Waals surface area contributed by atoms with Gasteiger partial charge in [-0.2, -0.15) is 0 Å². The first-order valence-electron chi connectivity index (χ1n) is 36.2. The lowest BCUT2D eigenvalue weighted by Gasteiger charge is -2.26. The van der Waals surface area contributed by atoms with Crippen molar-refractivity contribution >= 4 is 17.9 Å². The van der Waals surface area contributed by atoms with E-state index in [2.05, 4.69) is 135 Å². The Morgan fingerprint density at radius 1 is 0.352 bits per heavy atom. The third-order valence-electron chi connectivity index (χ3n) is 15.5. The number of carboxylic acids is 1. The summed E-state index contributed by atoms with van der Waals surface area (Å²) in [5, 5.41) is 11.8. The molecule has 0 saturated heterocycles. The van der Waals surface area contributed by atoms with E-state index in [4.69, 9.17) is 18.9 Å². The van der Waals surface area contributed by atoms with Gasteiger partial charge in [-0.3, -0.25) is 9.59 Å². The number of allylic oxidation sites excluding steroid dienone is 20. The lowest BCUT2D eigenvalue weighted by molar-refractivity contribution is -0.870. The number of quaternary nitrogens is 1. The van der Waals surface area contributed by atoms with Gasteiger partial charge in [0.15, 0.2) is 12.4 Å². The fraction of sp³-hybridized carbons (Fsp3) is 0.709. The average Bonchev–Trinajstić information content (AvgIpc) is 3.55. The molecule has 0 bridgehead atoms. The number of hydrogen-bond acceptors (Lipinski definition) is 8. The molecule has 0 radical (unpaired) electrons.